The molecule has 0 aromatic heterocycles. The van der Waals surface area contributed by atoms with Crippen molar-refractivity contribution in [1.29, 1.82) is 0 Å². The molecule has 0 spiro atoms. The standard InChI is InChI=1S/C26H58NO3Si/c1-7-9-11-13-15-17-19-21-24-27(3,23-20-18-16-14-12-10-8-2)25-22-26-31(28-4,29-5)30-6/h7-26H2,1-6H3/q+1. The second-order valence-electron chi connectivity index (χ2n) is 9.79. The third-order valence-electron chi connectivity index (χ3n) is 6.97. The zero-order valence-corrected chi connectivity index (χ0v) is 23.3. The van der Waals surface area contributed by atoms with Gasteiger partial charge in [-0.3, -0.25) is 0 Å². The summed E-state index contributed by atoms with van der Waals surface area (Å²) in [4.78, 5) is 0. The first-order valence-corrected chi connectivity index (χ1v) is 15.4. The van der Waals surface area contributed by atoms with E-state index in [4.69, 9.17) is 13.3 Å². The summed E-state index contributed by atoms with van der Waals surface area (Å²) in [6.07, 6.45) is 22.0. The SMILES string of the molecule is CCCCCCCCCC[N+](C)(CCCCCCCCC)CCC[Si](OC)(OC)OC. The van der Waals surface area contributed by atoms with E-state index in [2.05, 4.69) is 20.9 Å². The lowest BCUT2D eigenvalue weighted by Gasteiger charge is -2.36. The molecule has 0 aromatic carbocycles. The third-order valence-corrected chi connectivity index (χ3v) is 9.80. The van der Waals surface area contributed by atoms with Gasteiger partial charge in [0.2, 0.25) is 0 Å². The maximum Gasteiger partial charge on any atom is 0.500 e. The molecule has 0 saturated heterocycles. The van der Waals surface area contributed by atoms with E-state index >= 15 is 0 Å². The van der Waals surface area contributed by atoms with Crippen molar-refractivity contribution in [2.24, 2.45) is 0 Å². The maximum atomic E-state index is 5.64. The van der Waals surface area contributed by atoms with Gasteiger partial charge in [-0.05, 0) is 25.7 Å². The molecule has 0 bridgehead atoms. The van der Waals surface area contributed by atoms with Crippen LogP contribution >= 0.6 is 0 Å². The van der Waals surface area contributed by atoms with Gasteiger partial charge < -0.3 is 17.8 Å². The van der Waals surface area contributed by atoms with Crippen LogP contribution in [0.4, 0.5) is 0 Å². The van der Waals surface area contributed by atoms with Crippen LogP contribution < -0.4 is 0 Å². The summed E-state index contributed by atoms with van der Waals surface area (Å²) in [6.45, 7) is 8.42. The minimum Gasteiger partial charge on any atom is -0.377 e. The summed E-state index contributed by atoms with van der Waals surface area (Å²) >= 11 is 0. The fourth-order valence-electron chi connectivity index (χ4n) is 4.65. The molecule has 5 heteroatoms. The summed E-state index contributed by atoms with van der Waals surface area (Å²) in [6, 6.07) is 0.915. The molecule has 0 N–H and O–H groups in total. The smallest absolute Gasteiger partial charge is 0.377 e. The molecular formula is C26H58NO3Si+. The number of unbranched alkanes of at least 4 members (excludes halogenated alkanes) is 13. The molecule has 0 rings (SSSR count). The lowest BCUT2D eigenvalue weighted by atomic mass is 10.1. The summed E-state index contributed by atoms with van der Waals surface area (Å²) in [5, 5.41) is 0. The first-order chi connectivity index (χ1) is 15.0. The van der Waals surface area contributed by atoms with Gasteiger partial charge in [-0.1, -0.05) is 84.5 Å². The van der Waals surface area contributed by atoms with Crippen molar-refractivity contribution < 1.29 is 17.8 Å². The van der Waals surface area contributed by atoms with Gasteiger partial charge in [0.25, 0.3) is 0 Å². The van der Waals surface area contributed by atoms with Crippen LogP contribution in [-0.2, 0) is 13.3 Å². The Morgan fingerprint density at radius 1 is 0.484 bits per heavy atom. The van der Waals surface area contributed by atoms with E-state index in [0.29, 0.717) is 0 Å². The van der Waals surface area contributed by atoms with Crippen LogP contribution in [0.3, 0.4) is 0 Å². The van der Waals surface area contributed by atoms with Gasteiger partial charge in [-0.15, -0.1) is 0 Å². The second-order valence-corrected chi connectivity index (χ2v) is 12.9. The molecule has 1 atom stereocenters. The highest BCUT2D eigenvalue weighted by atomic mass is 28.4. The maximum absolute atomic E-state index is 5.64. The van der Waals surface area contributed by atoms with Crippen LogP contribution in [0.2, 0.25) is 6.04 Å². The zero-order chi connectivity index (χ0) is 23.3. The molecule has 188 valence electrons. The van der Waals surface area contributed by atoms with Crippen LogP contribution in [0.5, 0.6) is 0 Å². The van der Waals surface area contributed by atoms with E-state index in [1.165, 1.54) is 120 Å². The predicted octanol–water partition coefficient (Wildman–Crippen LogP) is 7.59. The molecule has 0 saturated carbocycles. The predicted molar refractivity (Wildman–Crippen MR) is 138 cm³/mol. The lowest BCUT2D eigenvalue weighted by Crippen LogP contribution is -2.48. The molecule has 0 aliphatic heterocycles. The minimum absolute atomic E-state index is 0.915. The fraction of sp³-hybridized carbons (Fsp3) is 1.00. The number of rotatable bonds is 24. The van der Waals surface area contributed by atoms with Gasteiger partial charge in [0.05, 0.1) is 26.7 Å². The van der Waals surface area contributed by atoms with Gasteiger partial charge in [-0.25, -0.2) is 0 Å². The number of hydrogen-bond acceptors (Lipinski definition) is 3. The van der Waals surface area contributed by atoms with E-state index in [1.54, 1.807) is 21.3 Å². The Hall–Kier alpha value is 0.0569. The molecule has 0 amide bonds. The van der Waals surface area contributed by atoms with Gasteiger partial charge in [0.1, 0.15) is 0 Å². The van der Waals surface area contributed by atoms with Crippen molar-refractivity contribution in [1.82, 2.24) is 0 Å². The molecule has 0 aliphatic rings. The van der Waals surface area contributed by atoms with E-state index in [9.17, 15) is 0 Å². The monoisotopic (exact) mass is 460 g/mol. The number of hydrogen-bond donors (Lipinski definition) is 0. The average molecular weight is 461 g/mol. The van der Waals surface area contributed by atoms with Gasteiger partial charge >= 0.3 is 8.80 Å². The van der Waals surface area contributed by atoms with E-state index in [0.717, 1.165) is 12.5 Å². The quantitative estimate of drug-likeness (QED) is 0.0843. The first-order valence-electron chi connectivity index (χ1n) is 13.5. The van der Waals surface area contributed by atoms with E-state index in [1.807, 2.05) is 0 Å². The van der Waals surface area contributed by atoms with Crippen molar-refractivity contribution >= 4 is 8.80 Å². The first kappa shape index (κ1) is 31.1. The van der Waals surface area contributed by atoms with Gasteiger partial charge in [0.15, 0.2) is 0 Å². The molecule has 4 nitrogen and oxygen atoms in total. The van der Waals surface area contributed by atoms with Crippen LogP contribution in [0.1, 0.15) is 117 Å². The third kappa shape index (κ3) is 16.3. The summed E-state index contributed by atoms with van der Waals surface area (Å²) < 4.78 is 18.1. The van der Waals surface area contributed by atoms with Crippen LogP contribution in [0.25, 0.3) is 0 Å². The number of quaternary nitrogens is 1. The Kier molecular flexibility index (Phi) is 20.7. The van der Waals surface area contributed by atoms with Gasteiger partial charge in [0, 0.05) is 33.8 Å². The normalized spacial score (nSPS) is 14.1. The topological polar surface area (TPSA) is 27.7 Å². The Bertz CT molecular complexity index is 371. The molecule has 0 heterocycles. The van der Waals surface area contributed by atoms with E-state index < -0.39 is 8.80 Å². The van der Waals surface area contributed by atoms with Crippen LogP contribution in [0.15, 0.2) is 0 Å². The second kappa shape index (κ2) is 20.6. The molecule has 0 fully saturated rings. The van der Waals surface area contributed by atoms with Crippen molar-refractivity contribution in [3.8, 4) is 0 Å². The average Bonchev–Trinajstić information content (AvgIpc) is 2.78. The molecule has 0 aliphatic carbocycles. The van der Waals surface area contributed by atoms with Crippen LogP contribution in [-0.4, -0.2) is 61.3 Å². The van der Waals surface area contributed by atoms with Crippen molar-refractivity contribution in [2.75, 3.05) is 48.0 Å². The summed E-state index contributed by atoms with van der Waals surface area (Å²) in [7, 11) is 5.22. The number of nitrogens with zero attached hydrogens (tertiary/aromatic N) is 1. The fourth-order valence-corrected chi connectivity index (χ4v) is 6.35. The summed E-state index contributed by atoms with van der Waals surface area (Å²) in [5.41, 5.74) is 0. The largest absolute Gasteiger partial charge is 0.500 e. The molecule has 31 heavy (non-hydrogen) atoms. The van der Waals surface area contributed by atoms with E-state index in [-0.39, 0.29) is 0 Å². The lowest BCUT2D eigenvalue weighted by molar-refractivity contribution is -0.910. The zero-order valence-electron chi connectivity index (χ0n) is 22.3. The summed E-state index contributed by atoms with van der Waals surface area (Å²) in [5.74, 6) is 0. The highest BCUT2D eigenvalue weighted by Gasteiger charge is 2.38. The van der Waals surface area contributed by atoms with Crippen molar-refractivity contribution in [3.05, 3.63) is 0 Å². The highest BCUT2D eigenvalue weighted by Crippen LogP contribution is 2.19. The van der Waals surface area contributed by atoms with Gasteiger partial charge in [-0.2, -0.15) is 0 Å². The van der Waals surface area contributed by atoms with Crippen molar-refractivity contribution in [2.45, 2.75) is 123 Å². The van der Waals surface area contributed by atoms with Crippen molar-refractivity contribution in [3.63, 3.8) is 0 Å². The Morgan fingerprint density at radius 2 is 0.806 bits per heavy atom. The molecule has 0 radical (unpaired) electrons. The molecule has 1 unspecified atom stereocenters. The van der Waals surface area contributed by atoms with Crippen LogP contribution in [0, 0.1) is 0 Å². The highest BCUT2D eigenvalue weighted by molar-refractivity contribution is 6.60. The Morgan fingerprint density at radius 3 is 1.16 bits per heavy atom. The molecular weight excluding hydrogens is 402 g/mol. The molecule has 0 aromatic rings. The Balaban J connectivity index is 4.38. The minimum atomic E-state index is -2.44. The Labute approximate surface area is 197 Å².